The van der Waals surface area contributed by atoms with Crippen LogP contribution in [0.25, 0.3) is 0 Å². The van der Waals surface area contributed by atoms with Gasteiger partial charge < -0.3 is 64.5 Å². The van der Waals surface area contributed by atoms with E-state index in [-0.39, 0.29) is 51.6 Å². The minimum atomic E-state index is -1.60. The lowest BCUT2D eigenvalue weighted by atomic mass is 9.41. The zero-order chi connectivity index (χ0) is 42.3. The summed E-state index contributed by atoms with van der Waals surface area (Å²) in [6.07, 6.45) is -5.34. The molecular formula is C44H72O14. The van der Waals surface area contributed by atoms with Gasteiger partial charge in [-0.25, -0.2) is 0 Å². The van der Waals surface area contributed by atoms with Crippen molar-refractivity contribution in [2.75, 3.05) is 6.61 Å². The lowest BCUT2D eigenvalue weighted by molar-refractivity contribution is -0.333. The summed E-state index contributed by atoms with van der Waals surface area (Å²) in [5.74, 6) is -0.757. The average Bonchev–Trinajstić information content (AvgIpc) is 3.50. The molecule has 0 radical (unpaired) electrons. The van der Waals surface area contributed by atoms with E-state index in [4.69, 9.17) is 23.7 Å². The van der Waals surface area contributed by atoms with Crippen LogP contribution in [0.1, 0.15) is 126 Å². The van der Waals surface area contributed by atoms with E-state index >= 15 is 0 Å². The molecule has 2 spiro atoms. The largest absolute Gasteiger partial charge is 0.457 e. The predicted octanol–water partition coefficient (Wildman–Crippen LogP) is 2.10. The Morgan fingerprint density at radius 1 is 0.759 bits per heavy atom. The highest BCUT2D eigenvalue weighted by Crippen LogP contribution is 2.89. The van der Waals surface area contributed by atoms with Crippen molar-refractivity contribution in [3.63, 3.8) is 0 Å². The minimum absolute atomic E-state index is 0.0590. The zero-order valence-electron chi connectivity index (χ0n) is 35.8. The highest BCUT2D eigenvalue weighted by atomic mass is 16.7. The molecule has 8 aliphatic rings. The third-order valence-corrected chi connectivity index (χ3v) is 18.4. The molecule has 2 saturated heterocycles. The van der Waals surface area contributed by atoms with E-state index in [1.165, 1.54) is 6.92 Å². The molecule has 8 fully saturated rings. The molecule has 8 N–H and O–H groups in total. The Bertz CT molecular complexity index is 1570. The quantitative estimate of drug-likeness (QED) is 0.130. The van der Waals surface area contributed by atoms with Gasteiger partial charge in [-0.2, -0.15) is 0 Å². The lowest BCUT2D eigenvalue weighted by Crippen LogP contribution is -2.65. The van der Waals surface area contributed by atoms with Gasteiger partial charge in [0.25, 0.3) is 0 Å². The van der Waals surface area contributed by atoms with E-state index in [2.05, 4.69) is 34.6 Å². The smallest absolute Gasteiger partial charge is 0.303 e. The Morgan fingerprint density at radius 2 is 1.47 bits per heavy atom. The van der Waals surface area contributed by atoms with E-state index in [9.17, 15) is 45.6 Å². The average molecular weight is 825 g/mol. The minimum Gasteiger partial charge on any atom is -0.457 e. The molecule has 58 heavy (non-hydrogen) atoms. The monoisotopic (exact) mass is 824 g/mol. The third kappa shape index (κ3) is 6.18. The summed E-state index contributed by atoms with van der Waals surface area (Å²) in [6.45, 7) is 15.4. The number of carbonyl (C=O) groups is 1. The van der Waals surface area contributed by atoms with Gasteiger partial charge in [-0.1, -0.05) is 27.7 Å². The van der Waals surface area contributed by atoms with Gasteiger partial charge in [0.2, 0.25) is 0 Å². The van der Waals surface area contributed by atoms with Gasteiger partial charge in [-0.15, -0.1) is 0 Å². The number of carbonyl (C=O) groups excluding carboxylic acids is 1. The Labute approximate surface area is 342 Å². The molecule has 6 saturated carbocycles. The van der Waals surface area contributed by atoms with Gasteiger partial charge in [0, 0.05) is 12.8 Å². The van der Waals surface area contributed by atoms with E-state index in [0.29, 0.717) is 38.5 Å². The number of hydrogen-bond acceptors (Lipinski definition) is 14. The number of fused-ring (bicyclic) bond motifs is 2. The zero-order valence-corrected chi connectivity index (χ0v) is 35.8. The summed E-state index contributed by atoms with van der Waals surface area (Å²) in [7, 11) is 0. The molecule has 6 aliphatic carbocycles. The molecule has 2 heterocycles. The first kappa shape index (κ1) is 43.6. The van der Waals surface area contributed by atoms with Crippen LogP contribution in [0, 0.1) is 44.8 Å². The van der Waals surface area contributed by atoms with Crippen molar-refractivity contribution in [3.8, 4) is 0 Å². The molecule has 14 nitrogen and oxygen atoms in total. The molecule has 14 heteroatoms. The van der Waals surface area contributed by atoms with Crippen LogP contribution in [0.15, 0.2) is 0 Å². The maximum atomic E-state index is 12.3. The van der Waals surface area contributed by atoms with Gasteiger partial charge in [-0.05, 0) is 130 Å². The number of aliphatic hydroxyl groups is 8. The highest BCUT2D eigenvalue weighted by molar-refractivity contribution is 5.66. The summed E-state index contributed by atoms with van der Waals surface area (Å²) in [5.41, 5.74) is -3.11. The number of rotatable bonds is 8. The van der Waals surface area contributed by atoms with Crippen molar-refractivity contribution in [1.29, 1.82) is 0 Å². The van der Waals surface area contributed by atoms with E-state index in [0.717, 1.165) is 32.1 Å². The second-order valence-corrected chi connectivity index (χ2v) is 22.1. The summed E-state index contributed by atoms with van der Waals surface area (Å²) in [6, 6.07) is 0. The fraction of sp³-hybridized carbons (Fsp3) is 0.977. The van der Waals surface area contributed by atoms with E-state index in [1.807, 2.05) is 0 Å². The molecular weight excluding hydrogens is 752 g/mol. The van der Waals surface area contributed by atoms with Crippen LogP contribution in [0.5, 0.6) is 0 Å². The Kier molecular flexibility index (Phi) is 10.7. The van der Waals surface area contributed by atoms with Crippen LogP contribution in [0.2, 0.25) is 0 Å². The van der Waals surface area contributed by atoms with Crippen molar-refractivity contribution in [2.45, 2.75) is 217 Å². The molecule has 0 unspecified atom stereocenters. The molecule has 21 atom stereocenters. The SMILES string of the molecule is CC(=O)O[C@@H]1[C@@H](O)[C@H](O)CC[C@H]1O[C@H]1CC[C@]23C[C@]24CC[C@]2(C)[C@@H]([C@@]5(C)CC[C@H](C(C)(C)O)O5)[C@@H](O)C[C@@]2(C)[C@@H]4C[C@H](O[C@@H]2O[C@H](CO)[C@@H](O)[C@H](O)[C@H]2O)[C@@H]3C1(C)C. The van der Waals surface area contributed by atoms with Gasteiger partial charge in [0.1, 0.15) is 30.5 Å². The normalized spacial score (nSPS) is 56.1. The number of esters is 1. The van der Waals surface area contributed by atoms with Crippen molar-refractivity contribution < 1.29 is 69.3 Å². The molecule has 0 bridgehead atoms. The van der Waals surface area contributed by atoms with Crippen LogP contribution in [0.4, 0.5) is 0 Å². The highest BCUT2D eigenvalue weighted by Gasteiger charge is 2.85. The van der Waals surface area contributed by atoms with Crippen molar-refractivity contribution >= 4 is 5.97 Å². The predicted molar refractivity (Wildman–Crippen MR) is 207 cm³/mol. The van der Waals surface area contributed by atoms with Crippen molar-refractivity contribution in [2.24, 2.45) is 44.8 Å². The van der Waals surface area contributed by atoms with Crippen molar-refractivity contribution in [3.05, 3.63) is 0 Å². The van der Waals surface area contributed by atoms with Crippen LogP contribution in [-0.4, -0.2) is 144 Å². The van der Waals surface area contributed by atoms with Gasteiger partial charge >= 0.3 is 5.97 Å². The fourth-order valence-electron chi connectivity index (χ4n) is 15.6. The van der Waals surface area contributed by atoms with Crippen LogP contribution in [-0.2, 0) is 28.5 Å². The standard InChI is InChI=1S/C44H72O14/c1-21(46)54-34-24(10-9-22(47)30(34)49)55-28-12-14-44-20-43(44)16-15-40(6)35(42(8)13-11-29(58-42)39(4,5)53)23(48)18-41(40,7)27(43)17-25(36(44)38(28,2)3)56-37-33(52)32(51)31(50)26(19-45)57-37/h22-37,45,47-53H,9-20H2,1-8H3/t22-,23+,24-,25+,26-,27+,28+,29-,30+,31-,32+,33-,34+,35+,36-,37-,40-,41+,42-,43+,44-/m1/s1. The molecule has 0 amide bonds. The Hall–Kier alpha value is -1.01. The first-order valence-electron chi connectivity index (χ1n) is 22.1. The lowest BCUT2D eigenvalue weighted by Gasteiger charge is -2.65. The molecule has 8 rings (SSSR count). The molecule has 0 aromatic carbocycles. The van der Waals surface area contributed by atoms with Crippen LogP contribution >= 0.6 is 0 Å². The Morgan fingerprint density at radius 3 is 2.10 bits per heavy atom. The van der Waals surface area contributed by atoms with Gasteiger partial charge in [0.05, 0.1) is 54.4 Å². The number of hydrogen-bond donors (Lipinski definition) is 8. The van der Waals surface area contributed by atoms with Crippen molar-refractivity contribution in [1.82, 2.24) is 0 Å². The maximum Gasteiger partial charge on any atom is 0.303 e. The summed E-state index contributed by atoms with van der Waals surface area (Å²) >= 11 is 0. The molecule has 2 aliphatic heterocycles. The van der Waals surface area contributed by atoms with Crippen LogP contribution in [0.3, 0.4) is 0 Å². The summed E-state index contributed by atoms with van der Waals surface area (Å²) in [4.78, 5) is 12.2. The number of aliphatic hydroxyl groups excluding tert-OH is 7. The first-order valence-corrected chi connectivity index (χ1v) is 22.1. The first-order chi connectivity index (χ1) is 26.9. The molecule has 0 aromatic rings. The van der Waals surface area contributed by atoms with Gasteiger partial charge in [-0.3, -0.25) is 4.79 Å². The topological polar surface area (TPSA) is 225 Å². The second-order valence-electron chi connectivity index (χ2n) is 22.1. The Balaban J connectivity index is 1.15. The van der Waals surface area contributed by atoms with Crippen LogP contribution < -0.4 is 0 Å². The summed E-state index contributed by atoms with van der Waals surface area (Å²) < 4.78 is 32.3. The fourth-order valence-corrected chi connectivity index (χ4v) is 15.6. The summed E-state index contributed by atoms with van der Waals surface area (Å²) in [5, 5.41) is 87.6. The number of ether oxygens (including phenoxy) is 5. The molecule has 332 valence electrons. The van der Waals surface area contributed by atoms with Gasteiger partial charge in [0.15, 0.2) is 12.4 Å². The van der Waals surface area contributed by atoms with E-state index in [1.54, 1.807) is 13.8 Å². The second kappa shape index (κ2) is 14.3. The maximum absolute atomic E-state index is 12.3. The molecule has 0 aromatic heterocycles. The van der Waals surface area contributed by atoms with E-state index < -0.39 is 96.5 Å². The third-order valence-electron chi connectivity index (χ3n) is 18.4.